The van der Waals surface area contributed by atoms with Gasteiger partial charge in [0.15, 0.2) is 0 Å². The Bertz CT molecular complexity index is 1060. The average Bonchev–Trinajstić information content (AvgIpc) is 3.54. The Kier molecular flexibility index (Phi) is 5.01. The summed E-state index contributed by atoms with van der Waals surface area (Å²) in [4.78, 5) is 37.0. The molecule has 29 heavy (non-hydrogen) atoms. The lowest BCUT2D eigenvalue weighted by molar-refractivity contribution is -0.124. The van der Waals surface area contributed by atoms with Crippen molar-refractivity contribution < 1.29 is 4.79 Å². The third-order valence-corrected chi connectivity index (χ3v) is 5.48. The van der Waals surface area contributed by atoms with Gasteiger partial charge < -0.3 is 10.3 Å². The van der Waals surface area contributed by atoms with Crippen molar-refractivity contribution >= 4 is 5.91 Å². The van der Waals surface area contributed by atoms with Crippen molar-refractivity contribution in [2.45, 2.75) is 38.1 Å². The number of H-pyrrole nitrogens is 1. The van der Waals surface area contributed by atoms with Gasteiger partial charge in [0.1, 0.15) is 5.82 Å². The minimum Gasteiger partial charge on any atom is -0.347 e. The molecule has 2 aromatic heterocycles. The van der Waals surface area contributed by atoms with Crippen LogP contribution in [0.4, 0.5) is 0 Å². The molecule has 3 aromatic rings. The molecule has 1 fully saturated rings. The molecule has 6 heteroatoms. The lowest BCUT2D eigenvalue weighted by Crippen LogP contribution is -2.40. The van der Waals surface area contributed by atoms with E-state index >= 15 is 0 Å². The minimum absolute atomic E-state index is 0.00703. The number of hydrogen-bond acceptors (Lipinski definition) is 4. The van der Waals surface area contributed by atoms with Gasteiger partial charge in [0, 0.05) is 24.0 Å². The molecule has 6 nitrogen and oxygen atoms in total. The molecule has 1 aliphatic carbocycles. The summed E-state index contributed by atoms with van der Waals surface area (Å²) in [5, 5.41) is 3.17. The average molecular weight is 388 g/mol. The molecule has 0 bridgehead atoms. The van der Waals surface area contributed by atoms with Gasteiger partial charge in [0.05, 0.1) is 17.2 Å². The number of rotatable bonds is 6. The van der Waals surface area contributed by atoms with Crippen LogP contribution in [0.3, 0.4) is 0 Å². The van der Waals surface area contributed by atoms with Gasteiger partial charge in [0.2, 0.25) is 5.91 Å². The smallest absolute Gasteiger partial charge is 0.251 e. The third kappa shape index (κ3) is 3.83. The van der Waals surface area contributed by atoms with Crippen molar-refractivity contribution in [2.24, 2.45) is 5.92 Å². The molecule has 0 unspecified atom stereocenters. The fourth-order valence-electron chi connectivity index (χ4n) is 3.67. The fourth-order valence-corrected chi connectivity index (χ4v) is 3.67. The van der Waals surface area contributed by atoms with Crippen molar-refractivity contribution in [3.05, 3.63) is 82.5 Å². The molecule has 2 heterocycles. The Morgan fingerprint density at radius 1 is 1.14 bits per heavy atom. The predicted octanol–water partition coefficient (Wildman–Crippen LogP) is 3.38. The van der Waals surface area contributed by atoms with E-state index in [9.17, 15) is 9.59 Å². The summed E-state index contributed by atoms with van der Waals surface area (Å²) in [5.74, 6) is 0.513. The Morgan fingerprint density at radius 2 is 1.90 bits per heavy atom. The lowest BCUT2D eigenvalue weighted by Gasteiger charge is -2.25. The molecular weight excluding hydrogens is 364 g/mol. The number of aromatic amines is 1. The minimum atomic E-state index is -0.470. The Labute approximate surface area is 169 Å². The van der Waals surface area contributed by atoms with Crippen LogP contribution < -0.4 is 10.9 Å². The van der Waals surface area contributed by atoms with Crippen LogP contribution in [0.25, 0.3) is 11.4 Å². The zero-order valence-corrected chi connectivity index (χ0v) is 16.6. The standard InChI is InChI=1S/C23H24N4O2/c1-15(2)20(27-22(29)23(10-11-23)17-8-4-3-5-9-17)18-13-19(28)26-21(25-18)16-7-6-12-24-14-16/h3-9,12-15,20H,10-11H2,1-2H3,(H,27,29)(H,25,26,28)/t20-/m1/s1. The number of pyridine rings is 1. The summed E-state index contributed by atoms with van der Waals surface area (Å²) >= 11 is 0. The molecule has 148 valence electrons. The Balaban J connectivity index is 1.65. The fraction of sp³-hybridized carbons (Fsp3) is 0.304. The van der Waals surface area contributed by atoms with Gasteiger partial charge >= 0.3 is 0 Å². The Morgan fingerprint density at radius 3 is 2.52 bits per heavy atom. The molecule has 1 aromatic carbocycles. The van der Waals surface area contributed by atoms with E-state index in [2.05, 4.69) is 20.3 Å². The van der Waals surface area contributed by atoms with Gasteiger partial charge in [-0.2, -0.15) is 0 Å². The maximum atomic E-state index is 13.2. The van der Waals surface area contributed by atoms with Crippen molar-refractivity contribution in [3.63, 3.8) is 0 Å². The van der Waals surface area contributed by atoms with Crippen LogP contribution in [0.15, 0.2) is 65.7 Å². The Hall–Kier alpha value is -3.28. The van der Waals surface area contributed by atoms with Crippen LogP contribution in [0, 0.1) is 5.92 Å². The van der Waals surface area contributed by atoms with Crippen molar-refractivity contribution in [3.8, 4) is 11.4 Å². The zero-order valence-electron chi connectivity index (χ0n) is 16.6. The van der Waals surface area contributed by atoms with Crippen LogP contribution in [0.1, 0.15) is 44.0 Å². The SMILES string of the molecule is CC(C)[C@@H](NC(=O)C1(c2ccccc2)CC1)c1cc(=O)[nH]c(-c2cccnc2)n1. The summed E-state index contributed by atoms with van der Waals surface area (Å²) in [6, 6.07) is 14.6. The predicted molar refractivity (Wildman–Crippen MR) is 111 cm³/mol. The summed E-state index contributed by atoms with van der Waals surface area (Å²) in [5.41, 5.74) is 1.60. The second kappa shape index (κ2) is 7.62. The highest BCUT2D eigenvalue weighted by Crippen LogP contribution is 2.48. The normalized spacial score (nSPS) is 15.7. The molecule has 2 N–H and O–H groups in total. The number of nitrogens with zero attached hydrogens (tertiary/aromatic N) is 2. The zero-order chi connectivity index (χ0) is 20.4. The van der Waals surface area contributed by atoms with E-state index in [0.717, 1.165) is 24.0 Å². The van der Waals surface area contributed by atoms with E-state index in [-0.39, 0.29) is 23.4 Å². The van der Waals surface area contributed by atoms with Crippen LogP contribution in [0.5, 0.6) is 0 Å². The number of carbonyl (C=O) groups excluding carboxylic acids is 1. The third-order valence-electron chi connectivity index (χ3n) is 5.48. The maximum Gasteiger partial charge on any atom is 0.251 e. The van der Waals surface area contributed by atoms with Gasteiger partial charge in [-0.05, 0) is 36.5 Å². The topological polar surface area (TPSA) is 87.7 Å². The van der Waals surface area contributed by atoms with Crippen LogP contribution in [-0.2, 0) is 10.2 Å². The number of aromatic nitrogens is 3. The molecule has 0 saturated heterocycles. The van der Waals surface area contributed by atoms with E-state index in [1.807, 2.05) is 50.2 Å². The number of amides is 1. The summed E-state index contributed by atoms with van der Waals surface area (Å²) in [6.07, 6.45) is 4.98. The highest BCUT2D eigenvalue weighted by atomic mass is 16.2. The first kappa shape index (κ1) is 19.1. The van der Waals surface area contributed by atoms with E-state index in [4.69, 9.17) is 0 Å². The molecule has 4 rings (SSSR count). The first-order valence-electron chi connectivity index (χ1n) is 9.88. The van der Waals surface area contributed by atoms with Gasteiger partial charge in [-0.1, -0.05) is 44.2 Å². The second-order valence-corrected chi connectivity index (χ2v) is 7.90. The summed E-state index contributed by atoms with van der Waals surface area (Å²) in [6.45, 7) is 4.03. The number of carbonyl (C=O) groups is 1. The summed E-state index contributed by atoms with van der Waals surface area (Å²) < 4.78 is 0. The van der Waals surface area contributed by atoms with E-state index in [0.29, 0.717) is 11.5 Å². The van der Waals surface area contributed by atoms with E-state index in [1.54, 1.807) is 18.5 Å². The maximum absolute atomic E-state index is 13.2. The van der Waals surface area contributed by atoms with E-state index < -0.39 is 5.41 Å². The quantitative estimate of drug-likeness (QED) is 0.678. The molecule has 1 aliphatic rings. The molecule has 0 radical (unpaired) electrons. The number of benzene rings is 1. The molecule has 1 atom stereocenters. The van der Waals surface area contributed by atoms with Crippen LogP contribution >= 0.6 is 0 Å². The summed E-state index contributed by atoms with van der Waals surface area (Å²) in [7, 11) is 0. The van der Waals surface area contributed by atoms with E-state index in [1.165, 1.54) is 6.07 Å². The highest BCUT2D eigenvalue weighted by molar-refractivity contribution is 5.91. The molecular formula is C23H24N4O2. The number of nitrogens with one attached hydrogen (secondary N) is 2. The second-order valence-electron chi connectivity index (χ2n) is 7.90. The lowest BCUT2D eigenvalue weighted by atomic mass is 9.93. The van der Waals surface area contributed by atoms with Crippen LogP contribution in [0.2, 0.25) is 0 Å². The molecule has 0 aliphatic heterocycles. The largest absolute Gasteiger partial charge is 0.347 e. The first-order valence-corrected chi connectivity index (χ1v) is 9.88. The van der Waals surface area contributed by atoms with Gasteiger partial charge in [-0.3, -0.25) is 14.6 Å². The van der Waals surface area contributed by atoms with Crippen LogP contribution in [-0.4, -0.2) is 20.9 Å². The van der Waals surface area contributed by atoms with Gasteiger partial charge in [-0.15, -0.1) is 0 Å². The van der Waals surface area contributed by atoms with Crippen molar-refractivity contribution in [2.75, 3.05) is 0 Å². The monoisotopic (exact) mass is 388 g/mol. The molecule has 1 saturated carbocycles. The van der Waals surface area contributed by atoms with Gasteiger partial charge in [-0.25, -0.2) is 4.98 Å². The molecule has 1 amide bonds. The first-order chi connectivity index (χ1) is 14.0. The van der Waals surface area contributed by atoms with Crippen molar-refractivity contribution in [1.82, 2.24) is 20.3 Å². The highest BCUT2D eigenvalue weighted by Gasteiger charge is 2.51. The van der Waals surface area contributed by atoms with Gasteiger partial charge in [0.25, 0.3) is 5.56 Å². The molecule has 0 spiro atoms. The van der Waals surface area contributed by atoms with Crippen molar-refractivity contribution in [1.29, 1.82) is 0 Å². The number of hydrogen-bond donors (Lipinski definition) is 2.